The molecule has 13 aromatic rings. The van der Waals surface area contributed by atoms with Crippen molar-refractivity contribution in [1.29, 1.82) is 0 Å². The van der Waals surface area contributed by atoms with Gasteiger partial charge in [-0.1, -0.05) is 212 Å². The maximum atomic E-state index is 2.45. The lowest BCUT2D eigenvalue weighted by molar-refractivity contribution is 1.18. The standard InChI is InChI=1S/C68H46N2/c1-3-17-47(18-4-1)52-37-42-62(68(46-52)70-66-31-13-11-28-63(66)64-29-12-14-32-67(64)70)51-35-40-57(41-36-51)69(56-38-33-50(34-39-56)60-30-16-23-49-21-7-9-26-59(49)60)58-25-15-24-54(44-58)65-45-55(48-19-5-2-6-20-48)43-53-22-8-10-27-61(53)65/h1-46H. The molecule has 0 saturated heterocycles. The monoisotopic (exact) mass is 890 g/mol. The summed E-state index contributed by atoms with van der Waals surface area (Å²) in [4.78, 5) is 2.40. The van der Waals surface area contributed by atoms with Crippen LogP contribution in [0.3, 0.4) is 0 Å². The van der Waals surface area contributed by atoms with E-state index in [9.17, 15) is 0 Å². The lowest BCUT2D eigenvalue weighted by Crippen LogP contribution is -2.10. The van der Waals surface area contributed by atoms with E-state index in [0.29, 0.717) is 0 Å². The zero-order valence-electron chi connectivity index (χ0n) is 38.5. The number of hydrogen-bond donors (Lipinski definition) is 0. The number of fused-ring (bicyclic) bond motifs is 5. The predicted molar refractivity (Wildman–Crippen MR) is 298 cm³/mol. The number of hydrogen-bond acceptors (Lipinski definition) is 1. The summed E-state index contributed by atoms with van der Waals surface area (Å²) in [6, 6.07) is 102. The van der Waals surface area contributed by atoms with Crippen molar-refractivity contribution in [1.82, 2.24) is 4.57 Å². The first-order valence-electron chi connectivity index (χ1n) is 24.1. The largest absolute Gasteiger partial charge is 0.310 e. The summed E-state index contributed by atoms with van der Waals surface area (Å²) in [5.74, 6) is 0. The molecule has 328 valence electrons. The van der Waals surface area contributed by atoms with E-state index in [4.69, 9.17) is 0 Å². The van der Waals surface area contributed by atoms with Crippen LogP contribution < -0.4 is 4.90 Å². The van der Waals surface area contributed by atoms with Gasteiger partial charge in [0.15, 0.2) is 0 Å². The number of benzene rings is 12. The zero-order chi connectivity index (χ0) is 46.4. The van der Waals surface area contributed by atoms with Crippen molar-refractivity contribution in [3.05, 3.63) is 279 Å². The zero-order valence-corrected chi connectivity index (χ0v) is 38.5. The minimum Gasteiger partial charge on any atom is -0.310 e. The first kappa shape index (κ1) is 41.0. The van der Waals surface area contributed by atoms with Crippen LogP contribution in [0.5, 0.6) is 0 Å². The molecule has 13 rings (SSSR count). The van der Waals surface area contributed by atoms with Crippen molar-refractivity contribution < 1.29 is 0 Å². The van der Waals surface area contributed by atoms with Crippen molar-refractivity contribution in [3.8, 4) is 61.3 Å². The molecule has 2 nitrogen and oxygen atoms in total. The Morgan fingerprint density at radius 3 is 1.37 bits per heavy atom. The summed E-state index contributed by atoms with van der Waals surface area (Å²) < 4.78 is 2.45. The molecule has 0 atom stereocenters. The Morgan fingerprint density at radius 2 is 0.714 bits per heavy atom. The molecule has 0 amide bonds. The van der Waals surface area contributed by atoms with Crippen molar-refractivity contribution in [2.24, 2.45) is 0 Å². The second-order valence-corrected chi connectivity index (χ2v) is 18.1. The third kappa shape index (κ3) is 7.31. The molecule has 70 heavy (non-hydrogen) atoms. The van der Waals surface area contributed by atoms with E-state index in [1.807, 2.05) is 0 Å². The second-order valence-electron chi connectivity index (χ2n) is 18.1. The fourth-order valence-corrected chi connectivity index (χ4v) is 10.6. The molecule has 12 aromatic carbocycles. The van der Waals surface area contributed by atoms with Crippen LogP contribution in [0.25, 0.3) is 105 Å². The lowest BCUT2D eigenvalue weighted by atomic mass is 9.92. The second kappa shape index (κ2) is 17.4. The van der Waals surface area contributed by atoms with Crippen molar-refractivity contribution in [3.63, 3.8) is 0 Å². The molecular weight excluding hydrogens is 845 g/mol. The van der Waals surface area contributed by atoms with E-state index >= 15 is 0 Å². The minimum atomic E-state index is 1.07. The fraction of sp³-hybridized carbons (Fsp3) is 0. The first-order valence-corrected chi connectivity index (χ1v) is 24.1. The van der Waals surface area contributed by atoms with Gasteiger partial charge in [-0.05, 0) is 138 Å². The van der Waals surface area contributed by atoms with E-state index < -0.39 is 0 Å². The van der Waals surface area contributed by atoms with Crippen LogP contribution in [0.1, 0.15) is 0 Å². The van der Waals surface area contributed by atoms with Crippen LogP contribution in [-0.4, -0.2) is 4.57 Å². The van der Waals surface area contributed by atoms with Crippen molar-refractivity contribution in [2.45, 2.75) is 0 Å². The number of rotatable bonds is 9. The molecule has 0 N–H and O–H groups in total. The minimum absolute atomic E-state index is 1.07. The highest BCUT2D eigenvalue weighted by atomic mass is 15.1. The average Bonchev–Trinajstić information content (AvgIpc) is 3.78. The van der Waals surface area contributed by atoms with Gasteiger partial charge >= 0.3 is 0 Å². The molecule has 0 saturated carbocycles. The third-order valence-corrected chi connectivity index (χ3v) is 14.0. The Kier molecular flexibility index (Phi) is 10.2. The highest BCUT2D eigenvalue weighted by molar-refractivity contribution is 6.10. The molecule has 0 bridgehead atoms. The normalized spacial score (nSPS) is 11.4. The Balaban J connectivity index is 0.965. The molecule has 0 fully saturated rings. The quantitative estimate of drug-likeness (QED) is 0.140. The summed E-state index contributed by atoms with van der Waals surface area (Å²) in [6.07, 6.45) is 0. The molecule has 1 aromatic heterocycles. The summed E-state index contributed by atoms with van der Waals surface area (Å²) in [5, 5.41) is 7.43. The highest BCUT2D eigenvalue weighted by Gasteiger charge is 2.20. The Morgan fingerprint density at radius 1 is 0.229 bits per heavy atom. The summed E-state index contributed by atoms with van der Waals surface area (Å²) in [5.41, 5.74) is 18.6. The third-order valence-electron chi connectivity index (χ3n) is 14.0. The molecule has 0 radical (unpaired) electrons. The molecule has 0 spiro atoms. The van der Waals surface area contributed by atoms with Gasteiger partial charge in [-0.15, -0.1) is 0 Å². The van der Waals surface area contributed by atoms with Crippen LogP contribution >= 0.6 is 0 Å². The van der Waals surface area contributed by atoms with Gasteiger partial charge in [0.05, 0.1) is 16.7 Å². The molecular formula is C68H46N2. The SMILES string of the molecule is c1ccc(-c2ccc(-c3ccc(N(c4ccc(-c5cccc6ccccc56)cc4)c4cccc(-c5cc(-c6ccccc6)cc6ccccc56)c4)cc3)c(-n3c4ccccc4c4ccccc43)c2)cc1. The van der Waals surface area contributed by atoms with Gasteiger partial charge in [-0.3, -0.25) is 0 Å². The first-order chi connectivity index (χ1) is 34.7. The van der Waals surface area contributed by atoms with E-state index in [0.717, 1.165) is 39.4 Å². The molecule has 0 aliphatic rings. The van der Waals surface area contributed by atoms with E-state index in [-0.39, 0.29) is 0 Å². The number of aromatic nitrogens is 1. The van der Waals surface area contributed by atoms with Crippen molar-refractivity contribution >= 4 is 60.4 Å². The summed E-state index contributed by atoms with van der Waals surface area (Å²) in [6.45, 7) is 0. The summed E-state index contributed by atoms with van der Waals surface area (Å²) >= 11 is 0. The van der Waals surface area contributed by atoms with Gasteiger partial charge in [0, 0.05) is 33.4 Å². The molecule has 0 unspecified atom stereocenters. The number of para-hydroxylation sites is 2. The van der Waals surface area contributed by atoms with Crippen LogP contribution in [0, 0.1) is 0 Å². The number of anilines is 3. The van der Waals surface area contributed by atoms with Crippen LogP contribution in [0.2, 0.25) is 0 Å². The predicted octanol–water partition coefficient (Wildman–Crippen LogP) is 18.9. The van der Waals surface area contributed by atoms with E-state index in [2.05, 4.69) is 289 Å². The van der Waals surface area contributed by atoms with Gasteiger partial charge < -0.3 is 9.47 Å². The van der Waals surface area contributed by atoms with Gasteiger partial charge in [0.25, 0.3) is 0 Å². The molecule has 2 heteroatoms. The number of nitrogens with zero attached hydrogens (tertiary/aromatic N) is 2. The van der Waals surface area contributed by atoms with Gasteiger partial charge in [-0.2, -0.15) is 0 Å². The van der Waals surface area contributed by atoms with Crippen LogP contribution in [0.4, 0.5) is 17.1 Å². The van der Waals surface area contributed by atoms with Crippen LogP contribution in [-0.2, 0) is 0 Å². The Hall–Kier alpha value is -9.24. The molecule has 1 heterocycles. The smallest absolute Gasteiger partial charge is 0.0546 e. The topological polar surface area (TPSA) is 8.17 Å². The Bertz CT molecular complexity index is 3980. The molecule has 0 aliphatic carbocycles. The van der Waals surface area contributed by atoms with Crippen LogP contribution in [0.15, 0.2) is 279 Å². The Labute approximate surface area is 408 Å². The van der Waals surface area contributed by atoms with Gasteiger partial charge in [-0.25, -0.2) is 0 Å². The lowest BCUT2D eigenvalue weighted by Gasteiger charge is -2.27. The highest BCUT2D eigenvalue weighted by Crippen LogP contribution is 2.43. The van der Waals surface area contributed by atoms with E-state index in [1.54, 1.807) is 0 Å². The maximum Gasteiger partial charge on any atom is 0.0546 e. The fourth-order valence-electron chi connectivity index (χ4n) is 10.6. The molecule has 0 aliphatic heterocycles. The summed E-state index contributed by atoms with van der Waals surface area (Å²) in [7, 11) is 0. The van der Waals surface area contributed by atoms with Gasteiger partial charge in [0.2, 0.25) is 0 Å². The van der Waals surface area contributed by atoms with Crippen molar-refractivity contribution in [2.75, 3.05) is 4.90 Å². The van der Waals surface area contributed by atoms with E-state index in [1.165, 1.54) is 82.3 Å². The van der Waals surface area contributed by atoms with Gasteiger partial charge in [0.1, 0.15) is 0 Å². The maximum absolute atomic E-state index is 2.45. The average molecular weight is 891 g/mol.